The van der Waals surface area contributed by atoms with E-state index in [1.54, 1.807) is 6.33 Å². The molecule has 7 nitrogen and oxygen atoms in total. The number of nitrogens with zero attached hydrogens (tertiary/aromatic N) is 3. The van der Waals surface area contributed by atoms with Crippen LogP contribution in [0.25, 0.3) is 11.2 Å². The average molecular weight is 236 g/mol. The van der Waals surface area contributed by atoms with E-state index in [1.807, 2.05) is 6.92 Å². The van der Waals surface area contributed by atoms with Crippen LogP contribution < -0.4 is 11.1 Å². The summed E-state index contributed by atoms with van der Waals surface area (Å²) >= 11 is 0. The van der Waals surface area contributed by atoms with Crippen molar-refractivity contribution >= 4 is 22.9 Å². The minimum absolute atomic E-state index is 0.192. The van der Waals surface area contributed by atoms with Crippen molar-refractivity contribution in [2.45, 2.75) is 25.8 Å². The van der Waals surface area contributed by atoms with E-state index in [1.165, 1.54) is 0 Å². The predicted molar refractivity (Wildman–Crippen MR) is 65.5 cm³/mol. The van der Waals surface area contributed by atoms with Gasteiger partial charge in [0.1, 0.15) is 5.52 Å². The second-order valence-corrected chi connectivity index (χ2v) is 3.94. The van der Waals surface area contributed by atoms with Crippen molar-refractivity contribution in [2.24, 2.45) is 0 Å². The molecule has 0 saturated heterocycles. The molecule has 0 bridgehead atoms. The van der Waals surface area contributed by atoms with Crippen LogP contribution in [-0.2, 0) is 0 Å². The second-order valence-electron chi connectivity index (χ2n) is 3.94. The van der Waals surface area contributed by atoms with Crippen LogP contribution in [0.15, 0.2) is 6.33 Å². The number of rotatable bonds is 5. The highest BCUT2D eigenvalue weighted by molar-refractivity contribution is 5.83. The van der Waals surface area contributed by atoms with Gasteiger partial charge >= 0.3 is 0 Å². The van der Waals surface area contributed by atoms with Crippen molar-refractivity contribution in [3.63, 3.8) is 0 Å². The lowest BCUT2D eigenvalue weighted by molar-refractivity contribution is 0.282. The Kier molecular flexibility index (Phi) is 3.38. The minimum atomic E-state index is 0.192. The van der Waals surface area contributed by atoms with E-state index in [0.29, 0.717) is 11.5 Å². The number of aromatic nitrogens is 4. The largest absolute Gasteiger partial charge is 0.396 e. The van der Waals surface area contributed by atoms with Gasteiger partial charge in [-0.15, -0.1) is 0 Å². The summed E-state index contributed by atoms with van der Waals surface area (Å²) in [5.41, 5.74) is 6.90. The molecule has 2 heterocycles. The molecule has 92 valence electrons. The lowest BCUT2D eigenvalue weighted by atomic mass is 10.2. The van der Waals surface area contributed by atoms with Gasteiger partial charge in [0.2, 0.25) is 5.95 Å². The molecule has 7 heteroatoms. The summed E-state index contributed by atoms with van der Waals surface area (Å²) in [6.07, 6.45) is 3.17. The van der Waals surface area contributed by atoms with E-state index in [2.05, 4.69) is 25.3 Å². The number of aliphatic hydroxyl groups excluding tert-OH is 1. The van der Waals surface area contributed by atoms with Gasteiger partial charge in [-0.05, 0) is 19.8 Å². The van der Waals surface area contributed by atoms with E-state index in [-0.39, 0.29) is 18.6 Å². The number of H-pyrrole nitrogens is 1. The van der Waals surface area contributed by atoms with Gasteiger partial charge in [-0.1, -0.05) is 0 Å². The maximum absolute atomic E-state index is 8.77. The van der Waals surface area contributed by atoms with Crippen LogP contribution in [0.1, 0.15) is 19.8 Å². The van der Waals surface area contributed by atoms with Crippen LogP contribution in [0.4, 0.5) is 11.8 Å². The molecule has 0 aliphatic carbocycles. The van der Waals surface area contributed by atoms with Gasteiger partial charge < -0.3 is 21.1 Å². The molecule has 0 aliphatic rings. The molecule has 0 aromatic carbocycles. The summed E-state index contributed by atoms with van der Waals surface area (Å²) in [7, 11) is 0. The number of fused-ring (bicyclic) bond motifs is 1. The molecule has 17 heavy (non-hydrogen) atoms. The highest BCUT2D eigenvalue weighted by atomic mass is 16.2. The number of aromatic amines is 1. The Balaban J connectivity index is 2.19. The number of nitrogens with two attached hydrogens (primary N) is 1. The fourth-order valence-electron chi connectivity index (χ4n) is 1.66. The van der Waals surface area contributed by atoms with Crippen LogP contribution >= 0.6 is 0 Å². The molecule has 0 saturated carbocycles. The molecule has 1 atom stereocenters. The third-order valence-electron chi connectivity index (χ3n) is 2.48. The van der Waals surface area contributed by atoms with Crippen molar-refractivity contribution in [1.29, 1.82) is 0 Å². The molecule has 5 N–H and O–H groups in total. The Morgan fingerprint density at radius 1 is 1.53 bits per heavy atom. The summed E-state index contributed by atoms with van der Waals surface area (Å²) in [5.74, 6) is 0.844. The Bertz CT molecular complexity index is 497. The van der Waals surface area contributed by atoms with Crippen LogP contribution in [0.5, 0.6) is 0 Å². The maximum Gasteiger partial charge on any atom is 0.224 e. The Morgan fingerprint density at radius 3 is 3.12 bits per heavy atom. The number of hydrogen-bond acceptors (Lipinski definition) is 6. The molecule has 2 aromatic heterocycles. The highest BCUT2D eigenvalue weighted by Gasteiger charge is 2.10. The van der Waals surface area contributed by atoms with Gasteiger partial charge in [0.25, 0.3) is 0 Å². The number of nitrogen functional groups attached to an aromatic ring is 1. The summed E-state index contributed by atoms with van der Waals surface area (Å²) in [6.45, 7) is 2.22. The molecular formula is C10H16N6O. The SMILES string of the molecule is CC(CCCO)Nc1nc(N)nc2nc[nH]c12. The predicted octanol–water partition coefficient (Wildman–Crippen LogP) is 0.508. The van der Waals surface area contributed by atoms with E-state index >= 15 is 0 Å². The van der Waals surface area contributed by atoms with E-state index < -0.39 is 0 Å². The van der Waals surface area contributed by atoms with Crippen molar-refractivity contribution in [1.82, 2.24) is 19.9 Å². The third-order valence-corrected chi connectivity index (χ3v) is 2.48. The highest BCUT2D eigenvalue weighted by Crippen LogP contribution is 2.18. The van der Waals surface area contributed by atoms with Gasteiger partial charge in [0.15, 0.2) is 11.5 Å². The standard InChI is InChI=1S/C10H16N6O/c1-6(3-2-4-17)14-9-7-8(13-5-12-7)15-10(11)16-9/h5-6,17H,2-4H2,1H3,(H4,11,12,13,14,15,16). The number of hydrogen-bond donors (Lipinski definition) is 4. The number of aliphatic hydroxyl groups is 1. The molecular weight excluding hydrogens is 220 g/mol. The summed E-state index contributed by atoms with van der Waals surface area (Å²) in [6, 6.07) is 0.197. The van der Waals surface area contributed by atoms with Gasteiger partial charge in [-0.2, -0.15) is 9.97 Å². The smallest absolute Gasteiger partial charge is 0.224 e. The Hall–Kier alpha value is -1.89. The van der Waals surface area contributed by atoms with Crippen LogP contribution in [0, 0.1) is 0 Å². The van der Waals surface area contributed by atoms with Gasteiger partial charge in [0, 0.05) is 12.6 Å². The second kappa shape index (κ2) is 4.96. The average Bonchev–Trinajstić information content (AvgIpc) is 2.74. The van der Waals surface area contributed by atoms with Crippen LogP contribution in [-0.4, -0.2) is 37.7 Å². The zero-order valence-electron chi connectivity index (χ0n) is 9.64. The Labute approximate surface area is 98.5 Å². The molecule has 0 spiro atoms. The monoisotopic (exact) mass is 236 g/mol. The molecule has 2 rings (SSSR count). The van der Waals surface area contributed by atoms with Crippen molar-refractivity contribution < 1.29 is 5.11 Å². The van der Waals surface area contributed by atoms with E-state index in [0.717, 1.165) is 18.4 Å². The first kappa shape index (κ1) is 11.6. The first-order valence-corrected chi connectivity index (χ1v) is 5.54. The van der Waals surface area contributed by atoms with Crippen molar-refractivity contribution in [3.05, 3.63) is 6.33 Å². The minimum Gasteiger partial charge on any atom is -0.396 e. The fourth-order valence-corrected chi connectivity index (χ4v) is 1.66. The quantitative estimate of drug-likeness (QED) is 0.601. The molecule has 0 aliphatic heterocycles. The number of imidazole rings is 1. The third kappa shape index (κ3) is 2.62. The zero-order chi connectivity index (χ0) is 12.3. The maximum atomic E-state index is 8.77. The van der Waals surface area contributed by atoms with Crippen molar-refractivity contribution in [2.75, 3.05) is 17.7 Å². The topological polar surface area (TPSA) is 113 Å². The lowest BCUT2D eigenvalue weighted by Crippen LogP contribution is -2.17. The normalized spacial score (nSPS) is 12.8. The zero-order valence-corrected chi connectivity index (χ0v) is 9.64. The molecule has 2 aromatic rings. The molecule has 0 radical (unpaired) electrons. The number of nitrogens with one attached hydrogen (secondary N) is 2. The van der Waals surface area contributed by atoms with Gasteiger partial charge in [0.05, 0.1) is 6.33 Å². The summed E-state index contributed by atoms with van der Waals surface area (Å²) in [5, 5.41) is 12.0. The molecule has 1 unspecified atom stereocenters. The van der Waals surface area contributed by atoms with Crippen LogP contribution in [0.2, 0.25) is 0 Å². The first-order chi connectivity index (χ1) is 8.20. The van der Waals surface area contributed by atoms with Crippen molar-refractivity contribution in [3.8, 4) is 0 Å². The van der Waals surface area contributed by atoms with Crippen LogP contribution in [0.3, 0.4) is 0 Å². The first-order valence-electron chi connectivity index (χ1n) is 5.54. The summed E-state index contributed by atoms with van der Waals surface area (Å²) < 4.78 is 0. The van der Waals surface area contributed by atoms with E-state index in [4.69, 9.17) is 10.8 Å². The van der Waals surface area contributed by atoms with Gasteiger partial charge in [-0.25, -0.2) is 4.98 Å². The van der Waals surface area contributed by atoms with Gasteiger partial charge in [-0.3, -0.25) is 0 Å². The molecule has 0 amide bonds. The van der Waals surface area contributed by atoms with E-state index in [9.17, 15) is 0 Å². The number of anilines is 2. The Morgan fingerprint density at radius 2 is 2.35 bits per heavy atom. The fraction of sp³-hybridized carbons (Fsp3) is 0.500. The lowest BCUT2D eigenvalue weighted by Gasteiger charge is -2.14. The molecule has 0 fully saturated rings. The summed E-state index contributed by atoms with van der Waals surface area (Å²) in [4.78, 5) is 15.2.